The van der Waals surface area contributed by atoms with Crippen LogP contribution in [0.15, 0.2) is 71.7 Å². The molecule has 1 aliphatic heterocycles. The summed E-state index contributed by atoms with van der Waals surface area (Å²) in [6.45, 7) is 4.60. The Bertz CT molecular complexity index is 1240. The van der Waals surface area contributed by atoms with Crippen LogP contribution < -0.4 is 5.49 Å². The van der Waals surface area contributed by atoms with Gasteiger partial charge >= 0.3 is 0 Å². The predicted molar refractivity (Wildman–Crippen MR) is 134 cm³/mol. The number of β-amino-alcohol motifs (C(OH)–C–C–N with tert-alkyl or cyclic N) is 1. The number of halogens is 1. The topological polar surface area (TPSA) is 97.1 Å². The molecule has 176 valence electrons. The molecule has 5 rings (SSSR count). The average Bonchev–Trinajstić information content (AvgIpc) is 3.26. The maximum Gasteiger partial charge on any atom is 0.177 e. The maximum absolute atomic E-state index is 10.8. The van der Waals surface area contributed by atoms with E-state index < -0.39 is 6.10 Å². The summed E-state index contributed by atoms with van der Waals surface area (Å²) in [6.07, 6.45) is 1.01. The number of rotatable bonds is 7. The van der Waals surface area contributed by atoms with Gasteiger partial charge in [-0.2, -0.15) is 0 Å². The number of nitrogens with zero attached hydrogens (tertiary/aromatic N) is 5. The van der Waals surface area contributed by atoms with Crippen molar-refractivity contribution < 1.29 is 5.11 Å². The Morgan fingerprint density at radius 1 is 0.941 bits per heavy atom. The van der Waals surface area contributed by atoms with Crippen molar-refractivity contribution in [3.63, 3.8) is 0 Å². The van der Waals surface area contributed by atoms with E-state index in [1.165, 1.54) is 11.1 Å². The Kier molecular flexibility index (Phi) is 6.87. The Balaban J connectivity index is 1.24. The van der Waals surface area contributed by atoms with Crippen LogP contribution in [0.1, 0.15) is 17.2 Å². The van der Waals surface area contributed by atoms with Crippen molar-refractivity contribution in [2.45, 2.75) is 18.7 Å². The molecule has 34 heavy (non-hydrogen) atoms. The summed E-state index contributed by atoms with van der Waals surface area (Å²) in [4.78, 5) is 16.4. The molecular weight excluding hydrogens is 494 g/mol. The number of hydrogen-bond donors (Lipinski definition) is 3. The number of benzene rings is 2. The molecule has 1 aliphatic rings. The molecule has 3 N–H and O–H groups in total. The molecule has 1 atom stereocenters. The number of aliphatic hydroxyl groups excluding tert-OH is 1. The number of H-pyrrole nitrogens is 1. The molecule has 2 aromatic heterocycles. The summed E-state index contributed by atoms with van der Waals surface area (Å²) >= 11 is 3.32. The van der Waals surface area contributed by atoms with Gasteiger partial charge in [-0.05, 0) is 27.1 Å². The molecule has 0 saturated carbocycles. The Labute approximate surface area is 206 Å². The molecule has 2 aromatic carbocycles. The number of piperazine rings is 1. The van der Waals surface area contributed by atoms with Crippen LogP contribution in [0.3, 0.4) is 0 Å². The van der Waals surface area contributed by atoms with E-state index in [9.17, 15) is 5.11 Å². The summed E-state index contributed by atoms with van der Waals surface area (Å²) in [6, 6.07) is 21.6. The number of hydrogen-bond acceptors (Lipinski definition) is 6. The number of aliphatic hydroxyl groups is 1. The van der Waals surface area contributed by atoms with E-state index in [-0.39, 0.29) is 11.5 Å². The summed E-state index contributed by atoms with van der Waals surface area (Å²) in [5.74, 6) is 0. The fourth-order valence-corrected chi connectivity index (χ4v) is 5.13. The standard InChI is InChI=1S/C25H28BrN7O/c26-25-29-21-23(27)28-17-33(24(21)30-25)16-20(34)15-31-11-13-32(14-12-31)22(18-7-3-1-4-8-18)19-9-5-2-6-10-19/h1-10,17,20,22,27,34H,11-16H2,(H,29,30). The van der Waals surface area contributed by atoms with Crippen molar-refractivity contribution >= 4 is 27.1 Å². The van der Waals surface area contributed by atoms with Gasteiger partial charge in [0, 0.05) is 32.7 Å². The summed E-state index contributed by atoms with van der Waals surface area (Å²) in [7, 11) is 0. The van der Waals surface area contributed by atoms with Crippen molar-refractivity contribution in [2.75, 3.05) is 32.7 Å². The van der Waals surface area contributed by atoms with E-state index in [1.807, 2.05) is 0 Å². The van der Waals surface area contributed by atoms with Gasteiger partial charge in [0.1, 0.15) is 5.52 Å². The minimum atomic E-state index is -0.562. The van der Waals surface area contributed by atoms with Crippen molar-refractivity contribution in [1.82, 2.24) is 29.3 Å². The summed E-state index contributed by atoms with van der Waals surface area (Å²) < 4.78 is 2.35. The lowest BCUT2D eigenvalue weighted by Gasteiger charge is -2.40. The molecule has 0 radical (unpaired) electrons. The van der Waals surface area contributed by atoms with E-state index in [1.54, 1.807) is 10.9 Å². The van der Waals surface area contributed by atoms with E-state index in [0.29, 0.717) is 29.0 Å². The zero-order valence-electron chi connectivity index (χ0n) is 18.8. The van der Waals surface area contributed by atoms with Crippen LogP contribution in [0.5, 0.6) is 0 Å². The highest BCUT2D eigenvalue weighted by atomic mass is 79.9. The van der Waals surface area contributed by atoms with E-state index >= 15 is 0 Å². The van der Waals surface area contributed by atoms with Crippen molar-refractivity contribution in [3.8, 4) is 0 Å². The molecule has 0 aliphatic carbocycles. The quantitative estimate of drug-likeness (QED) is 0.325. The number of aromatic amines is 1. The third kappa shape index (κ3) is 4.97. The van der Waals surface area contributed by atoms with Crippen LogP contribution in [-0.4, -0.2) is 73.3 Å². The van der Waals surface area contributed by atoms with Gasteiger partial charge in [0.15, 0.2) is 15.9 Å². The van der Waals surface area contributed by atoms with Crippen LogP contribution >= 0.6 is 15.9 Å². The zero-order chi connectivity index (χ0) is 23.5. The van der Waals surface area contributed by atoms with Gasteiger partial charge < -0.3 is 14.7 Å². The van der Waals surface area contributed by atoms with Crippen molar-refractivity contribution in [3.05, 3.63) is 88.3 Å². The first-order valence-electron chi connectivity index (χ1n) is 11.5. The zero-order valence-corrected chi connectivity index (χ0v) is 20.4. The first kappa shape index (κ1) is 22.9. The molecule has 0 bridgehead atoms. The molecule has 3 heterocycles. The first-order valence-corrected chi connectivity index (χ1v) is 12.3. The van der Waals surface area contributed by atoms with Crippen molar-refractivity contribution in [1.29, 1.82) is 5.41 Å². The fourth-order valence-electron chi connectivity index (χ4n) is 4.76. The summed E-state index contributed by atoms with van der Waals surface area (Å²) in [5.41, 5.74) is 3.92. The molecule has 0 spiro atoms. The number of imidazole rings is 1. The molecule has 1 unspecified atom stereocenters. The SMILES string of the molecule is N=c1ncn(CC(O)CN2CCN(C(c3ccccc3)c3ccccc3)CC2)c2nc(Br)[nH]c12. The second-order valence-corrected chi connectivity index (χ2v) is 9.44. The second-order valence-electron chi connectivity index (χ2n) is 8.69. The first-order chi connectivity index (χ1) is 16.6. The van der Waals surface area contributed by atoms with E-state index in [0.717, 1.165) is 26.2 Å². The van der Waals surface area contributed by atoms with E-state index in [4.69, 9.17) is 5.41 Å². The smallest absolute Gasteiger partial charge is 0.177 e. The van der Waals surface area contributed by atoms with Gasteiger partial charge in [-0.3, -0.25) is 15.2 Å². The monoisotopic (exact) mass is 521 g/mol. The Hall–Kier alpha value is -2.85. The fraction of sp³-hybridized carbons (Fsp3) is 0.320. The average molecular weight is 522 g/mol. The highest BCUT2D eigenvalue weighted by molar-refractivity contribution is 9.10. The minimum absolute atomic E-state index is 0.140. The lowest BCUT2D eigenvalue weighted by Crippen LogP contribution is -2.50. The predicted octanol–water partition coefficient (Wildman–Crippen LogP) is 2.77. The van der Waals surface area contributed by atoms with Crippen LogP contribution in [0.2, 0.25) is 0 Å². The number of nitrogens with one attached hydrogen (secondary N) is 2. The molecule has 8 nitrogen and oxygen atoms in total. The molecule has 4 aromatic rings. The Morgan fingerprint density at radius 3 is 2.18 bits per heavy atom. The van der Waals surface area contributed by atoms with Gasteiger partial charge in [0.25, 0.3) is 0 Å². The Morgan fingerprint density at radius 2 is 1.56 bits per heavy atom. The van der Waals surface area contributed by atoms with Gasteiger partial charge in [-0.1, -0.05) is 60.7 Å². The van der Waals surface area contributed by atoms with Crippen LogP contribution in [-0.2, 0) is 6.54 Å². The van der Waals surface area contributed by atoms with Crippen LogP contribution in [0.4, 0.5) is 0 Å². The van der Waals surface area contributed by atoms with Gasteiger partial charge in [-0.25, -0.2) is 9.97 Å². The third-order valence-corrected chi connectivity index (χ3v) is 6.75. The van der Waals surface area contributed by atoms with Crippen molar-refractivity contribution in [2.24, 2.45) is 0 Å². The number of aromatic nitrogens is 4. The number of fused-ring (bicyclic) bond motifs is 1. The summed E-state index contributed by atoms with van der Waals surface area (Å²) in [5, 5.41) is 18.8. The van der Waals surface area contributed by atoms with E-state index in [2.05, 4.69) is 101 Å². The lowest BCUT2D eigenvalue weighted by atomic mass is 9.96. The lowest BCUT2D eigenvalue weighted by molar-refractivity contribution is 0.0558. The highest BCUT2D eigenvalue weighted by Gasteiger charge is 2.27. The van der Waals surface area contributed by atoms with Gasteiger partial charge in [0.05, 0.1) is 25.0 Å². The maximum atomic E-state index is 10.8. The van der Waals surface area contributed by atoms with Gasteiger partial charge in [0.2, 0.25) is 0 Å². The van der Waals surface area contributed by atoms with Crippen LogP contribution in [0, 0.1) is 5.41 Å². The largest absolute Gasteiger partial charge is 0.390 e. The third-order valence-electron chi connectivity index (χ3n) is 6.37. The molecule has 0 amide bonds. The van der Waals surface area contributed by atoms with Crippen LogP contribution in [0.25, 0.3) is 11.2 Å². The normalized spacial score (nSPS) is 16.3. The van der Waals surface area contributed by atoms with Gasteiger partial charge in [-0.15, -0.1) is 0 Å². The minimum Gasteiger partial charge on any atom is -0.390 e. The molecule has 9 heteroatoms. The molecule has 1 saturated heterocycles. The molecule has 1 fully saturated rings. The highest BCUT2D eigenvalue weighted by Crippen LogP contribution is 2.29. The molecular formula is C25H28BrN7O. The second kappa shape index (κ2) is 10.2.